The van der Waals surface area contributed by atoms with Crippen LogP contribution in [0.25, 0.3) is 22.5 Å². The van der Waals surface area contributed by atoms with Gasteiger partial charge in [-0.2, -0.15) is 4.68 Å². The second-order valence-corrected chi connectivity index (χ2v) is 9.87. The molecule has 208 valence electrons. The third-order valence-electron chi connectivity index (χ3n) is 6.88. The fraction of sp³-hybridized carbons (Fsp3) is 0.212. The van der Waals surface area contributed by atoms with Crippen LogP contribution in [0.2, 0.25) is 0 Å². The second-order valence-electron chi connectivity index (χ2n) is 9.87. The topological polar surface area (TPSA) is 99.2 Å². The number of carboxylic acids is 1. The number of hydrogen-bond donors (Lipinski definition) is 1. The zero-order valence-corrected chi connectivity index (χ0v) is 23.2. The molecule has 5 rings (SSSR count). The molecule has 8 nitrogen and oxygen atoms in total. The van der Waals surface area contributed by atoms with Gasteiger partial charge in [0.15, 0.2) is 0 Å². The van der Waals surface area contributed by atoms with E-state index in [-0.39, 0.29) is 12.1 Å². The van der Waals surface area contributed by atoms with E-state index in [1.54, 1.807) is 17.0 Å². The minimum atomic E-state index is -0.893. The van der Waals surface area contributed by atoms with Crippen molar-refractivity contribution < 1.29 is 14.6 Å². The molecule has 3 aromatic carbocycles. The molecule has 0 bridgehead atoms. The maximum absolute atomic E-state index is 13.4. The zero-order valence-electron chi connectivity index (χ0n) is 23.2. The van der Waals surface area contributed by atoms with Gasteiger partial charge < -0.3 is 9.84 Å². The molecule has 5 aromatic rings. The SMILES string of the molecule is CCOc1ccc(-c2ccc(CCCc3nn(-c4ccc(C)cc4)c(=O)n3-c3cccnc3)cc2)cc1CC(=O)O. The summed E-state index contributed by atoms with van der Waals surface area (Å²) in [5.41, 5.74) is 6.07. The lowest BCUT2D eigenvalue weighted by atomic mass is 9.98. The van der Waals surface area contributed by atoms with Gasteiger partial charge in [0.1, 0.15) is 11.6 Å². The summed E-state index contributed by atoms with van der Waals surface area (Å²) in [6, 6.07) is 25.3. The minimum absolute atomic E-state index is 0.0922. The van der Waals surface area contributed by atoms with Gasteiger partial charge in [-0.1, -0.05) is 48.0 Å². The Bertz CT molecular complexity index is 1690. The van der Waals surface area contributed by atoms with E-state index in [1.165, 1.54) is 10.2 Å². The molecule has 0 aliphatic rings. The Labute approximate surface area is 238 Å². The average molecular weight is 549 g/mol. The molecular formula is C33H32N4O4. The largest absolute Gasteiger partial charge is 0.494 e. The van der Waals surface area contributed by atoms with E-state index < -0.39 is 5.97 Å². The van der Waals surface area contributed by atoms with Gasteiger partial charge in [-0.05, 0) is 79.8 Å². The van der Waals surface area contributed by atoms with Crippen LogP contribution < -0.4 is 10.4 Å². The highest BCUT2D eigenvalue weighted by molar-refractivity contribution is 5.74. The zero-order chi connectivity index (χ0) is 28.8. The molecule has 1 N–H and O–H groups in total. The highest BCUT2D eigenvalue weighted by atomic mass is 16.5. The van der Waals surface area contributed by atoms with Crippen molar-refractivity contribution in [2.24, 2.45) is 0 Å². The maximum atomic E-state index is 13.4. The molecule has 41 heavy (non-hydrogen) atoms. The van der Waals surface area contributed by atoms with Crippen molar-refractivity contribution in [2.45, 2.75) is 39.5 Å². The molecule has 0 fully saturated rings. The molecule has 0 amide bonds. The lowest BCUT2D eigenvalue weighted by Gasteiger charge is -2.11. The first-order valence-corrected chi connectivity index (χ1v) is 13.7. The van der Waals surface area contributed by atoms with Gasteiger partial charge in [0, 0.05) is 18.2 Å². The number of hydrogen-bond acceptors (Lipinski definition) is 5. The molecule has 0 saturated carbocycles. The molecule has 2 heterocycles. The van der Waals surface area contributed by atoms with Crippen molar-refractivity contribution in [3.8, 4) is 28.3 Å². The Morgan fingerprint density at radius 2 is 1.68 bits per heavy atom. The van der Waals surface area contributed by atoms with Gasteiger partial charge in [0.05, 0.1) is 30.6 Å². The fourth-order valence-electron chi connectivity index (χ4n) is 4.84. The summed E-state index contributed by atoms with van der Waals surface area (Å²) >= 11 is 0. The van der Waals surface area contributed by atoms with E-state index in [2.05, 4.69) is 17.1 Å². The molecule has 0 aliphatic heterocycles. The lowest BCUT2D eigenvalue weighted by Crippen LogP contribution is -2.23. The summed E-state index contributed by atoms with van der Waals surface area (Å²) in [4.78, 5) is 29.0. The van der Waals surface area contributed by atoms with Crippen LogP contribution in [0.5, 0.6) is 5.75 Å². The van der Waals surface area contributed by atoms with E-state index >= 15 is 0 Å². The van der Waals surface area contributed by atoms with Crippen LogP contribution in [0.3, 0.4) is 0 Å². The van der Waals surface area contributed by atoms with Crippen molar-refractivity contribution in [3.05, 3.63) is 124 Å². The normalized spacial score (nSPS) is 11.0. The second kappa shape index (κ2) is 12.5. The molecule has 0 radical (unpaired) electrons. The number of aliphatic carboxylic acids is 1. The number of aromatic nitrogens is 4. The lowest BCUT2D eigenvalue weighted by molar-refractivity contribution is -0.136. The van der Waals surface area contributed by atoms with Crippen LogP contribution >= 0.6 is 0 Å². The first kappa shape index (κ1) is 27.6. The first-order chi connectivity index (χ1) is 19.9. The highest BCUT2D eigenvalue weighted by Crippen LogP contribution is 2.28. The van der Waals surface area contributed by atoms with Crippen LogP contribution in [0.4, 0.5) is 0 Å². The summed E-state index contributed by atoms with van der Waals surface area (Å²) in [5.74, 6) is 0.390. The smallest absolute Gasteiger partial charge is 0.355 e. The number of nitrogens with zero attached hydrogens (tertiary/aromatic N) is 4. The van der Waals surface area contributed by atoms with Crippen molar-refractivity contribution in [1.82, 2.24) is 19.3 Å². The van der Waals surface area contributed by atoms with E-state index in [0.29, 0.717) is 35.9 Å². The molecular weight excluding hydrogens is 516 g/mol. The highest BCUT2D eigenvalue weighted by Gasteiger charge is 2.16. The molecule has 0 aliphatic carbocycles. The Morgan fingerprint density at radius 3 is 2.37 bits per heavy atom. The van der Waals surface area contributed by atoms with E-state index in [1.807, 2.05) is 80.6 Å². The molecule has 8 heteroatoms. The average Bonchev–Trinajstić information content (AvgIpc) is 3.30. The van der Waals surface area contributed by atoms with Gasteiger partial charge >= 0.3 is 11.7 Å². The van der Waals surface area contributed by atoms with Crippen LogP contribution in [-0.2, 0) is 24.1 Å². The van der Waals surface area contributed by atoms with Gasteiger partial charge in [-0.25, -0.2) is 9.36 Å². The van der Waals surface area contributed by atoms with Gasteiger partial charge in [-0.15, -0.1) is 5.10 Å². The van der Waals surface area contributed by atoms with Crippen LogP contribution in [-0.4, -0.2) is 37.0 Å². The number of benzene rings is 3. The van der Waals surface area contributed by atoms with Crippen molar-refractivity contribution in [2.75, 3.05) is 6.61 Å². The predicted molar refractivity (Wildman–Crippen MR) is 158 cm³/mol. The fourth-order valence-corrected chi connectivity index (χ4v) is 4.84. The van der Waals surface area contributed by atoms with Crippen LogP contribution in [0, 0.1) is 6.92 Å². The number of ether oxygens (including phenoxy) is 1. The van der Waals surface area contributed by atoms with Crippen molar-refractivity contribution in [3.63, 3.8) is 0 Å². The molecule has 0 atom stereocenters. The summed E-state index contributed by atoms with van der Waals surface area (Å²) in [6.07, 6.45) is 5.49. The standard InChI is InChI=1S/C33H32N4O4/c1-3-41-30-18-15-26(20-27(30)21-32(38)39)25-13-11-24(12-14-25)6-4-8-31-35-37(28-16-9-23(2)10-17-28)33(40)36(31)29-7-5-19-34-22-29/h5,7,9-20,22H,3-4,6,8,21H2,1-2H3,(H,38,39). The van der Waals surface area contributed by atoms with Gasteiger partial charge in [-0.3, -0.25) is 9.78 Å². The maximum Gasteiger partial charge on any atom is 0.355 e. The first-order valence-electron chi connectivity index (χ1n) is 13.7. The molecule has 2 aromatic heterocycles. The van der Waals surface area contributed by atoms with E-state index in [9.17, 15) is 14.7 Å². The minimum Gasteiger partial charge on any atom is -0.494 e. The Morgan fingerprint density at radius 1 is 0.927 bits per heavy atom. The molecule has 0 spiro atoms. The Kier molecular flexibility index (Phi) is 8.39. The Balaban J connectivity index is 1.33. The van der Waals surface area contributed by atoms with E-state index in [0.717, 1.165) is 35.2 Å². The number of rotatable bonds is 11. The van der Waals surface area contributed by atoms with Crippen LogP contribution in [0.15, 0.2) is 96.1 Å². The van der Waals surface area contributed by atoms with Gasteiger partial charge in [0.2, 0.25) is 0 Å². The monoisotopic (exact) mass is 548 g/mol. The number of carbonyl (C=O) groups is 1. The Hall–Kier alpha value is -4.98. The molecule has 0 saturated heterocycles. The van der Waals surface area contributed by atoms with Crippen LogP contribution in [0.1, 0.15) is 35.9 Å². The summed E-state index contributed by atoms with van der Waals surface area (Å²) in [6.45, 7) is 4.36. The summed E-state index contributed by atoms with van der Waals surface area (Å²) in [5, 5.41) is 14.0. The van der Waals surface area contributed by atoms with Crippen molar-refractivity contribution in [1.29, 1.82) is 0 Å². The summed E-state index contributed by atoms with van der Waals surface area (Å²) in [7, 11) is 0. The van der Waals surface area contributed by atoms with Crippen molar-refractivity contribution >= 4 is 5.97 Å². The van der Waals surface area contributed by atoms with E-state index in [4.69, 9.17) is 9.84 Å². The van der Waals surface area contributed by atoms with Gasteiger partial charge in [0.25, 0.3) is 0 Å². The quantitative estimate of drug-likeness (QED) is 0.231. The summed E-state index contributed by atoms with van der Waals surface area (Å²) < 4.78 is 8.70. The number of carboxylic acid groups (broad SMARTS) is 1. The molecule has 0 unspecified atom stereocenters. The third kappa shape index (κ3) is 6.44. The number of pyridine rings is 1. The predicted octanol–water partition coefficient (Wildman–Crippen LogP) is 5.59. The third-order valence-corrected chi connectivity index (χ3v) is 6.88. The number of aryl methyl sites for hydroxylation is 3.